The van der Waals surface area contributed by atoms with Crippen LogP contribution in [0.1, 0.15) is 70.5 Å². The van der Waals surface area contributed by atoms with Crippen molar-refractivity contribution in [3.63, 3.8) is 0 Å². The van der Waals surface area contributed by atoms with Gasteiger partial charge in [-0.05, 0) is 63.6 Å². The third-order valence-electron chi connectivity index (χ3n) is 10.5. The lowest BCUT2D eigenvalue weighted by atomic mass is 9.69. The summed E-state index contributed by atoms with van der Waals surface area (Å²) >= 11 is 13.0. The summed E-state index contributed by atoms with van der Waals surface area (Å²) in [5, 5.41) is 3.48. The van der Waals surface area contributed by atoms with Crippen LogP contribution in [0.5, 0.6) is 0 Å². The summed E-state index contributed by atoms with van der Waals surface area (Å²) in [5.74, 6) is -0.448. The highest BCUT2D eigenvalue weighted by molar-refractivity contribution is 6.99. The van der Waals surface area contributed by atoms with E-state index in [0.29, 0.717) is 29.5 Å². The highest BCUT2D eigenvalue weighted by Crippen LogP contribution is 2.51. The molecule has 4 aromatic rings. The Balaban J connectivity index is 1.71. The zero-order valence-corrected chi connectivity index (χ0v) is 32.0. The number of methoxy groups -OCH3 is 1. The Labute approximate surface area is 304 Å². The summed E-state index contributed by atoms with van der Waals surface area (Å²) in [5.41, 5.74) is 0.913. The van der Waals surface area contributed by atoms with Gasteiger partial charge in [0.2, 0.25) is 0 Å². The van der Waals surface area contributed by atoms with E-state index in [2.05, 4.69) is 106 Å². The molecule has 1 heterocycles. The Bertz CT molecular complexity index is 1670. The zero-order chi connectivity index (χ0) is 35.4. The van der Waals surface area contributed by atoms with Crippen LogP contribution in [0.15, 0.2) is 122 Å². The van der Waals surface area contributed by atoms with E-state index in [1.807, 2.05) is 55.5 Å². The number of halogens is 2. The van der Waals surface area contributed by atoms with Gasteiger partial charge in [-0.25, -0.2) is 0 Å². The number of carbonyl (C=O) groups is 1. The molecule has 1 aliphatic rings. The van der Waals surface area contributed by atoms with Crippen LogP contribution in [0.3, 0.4) is 0 Å². The van der Waals surface area contributed by atoms with E-state index in [1.165, 1.54) is 10.4 Å². The van der Waals surface area contributed by atoms with E-state index in [1.54, 1.807) is 7.11 Å². The topological polar surface area (TPSA) is 38.8 Å². The molecule has 4 aromatic carbocycles. The molecule has 5 atom stereocenters. The number of nitrogens with zero attached hydrogens (tertiary/aromatic N) is 1. The van der Waals surface area contributed by atoms with Crippen LogP contribution in [0.4, 0.5) is 0 Å². The van der Waals surface area contributed by atoms with E-state index >= 15 is 4.79 Å². The Morgan fingerprint density at radius 2 is 1.49 bits per heavy atom. The van der Waals surface area contributed by atoms with Gasteiger partial charge in [-0.15, -0.1) is 6.58 Å². The second-order valence-electron chi connectivity index (χ2n) is 14.2. The van der Waals surface area contributed by atoms with Gasteiger partial charge in [0.15, 0.2) is 5.60 Å². The normalized spacial score (nSPS) is 21.3. The van der Waals surface area contributed by atoms with Gasteiger partial charge < -0.3 is 14.1 Å². The average Bonchev–Trinajstić information content (AvgIpc) is 3.11. The lowest BCUT2D eigenvalue weighted by Gasteiger charge is -2.54. The summed E-state index contributed by atoms with van der Waals surface area (Å²) in [7, 11) is -1.26. The Kier molecular flexibility index (Phi) is 11.6. The molecule has 0 N–H and O–H groups in total. The van der Waals surface area contributed by atoms with Crippen molar-refractivity contribution in [1.29, 1.82) is 0 Å². The molecule has 1 fully saturated rings. The number of ether oxygens (including phenoxy) is 1. The quantitative estimate of drug-likeness (QED) is 0.108. The van der Waals surface area contributed by atoms with Crippen LogP contribution in [-0.2, 0) is 14.0 Å². The van der Waals surface area contributed by atoms with E-state index in [4.69, 9.17) is 32.4 Å². The molecule has 0 radical (unpaired) electrons. The van der Waals surface area contributed by atoms with Gasteiger partial charge in [0.1, 0.15) is 0 Å². The fourth-order valence-corrected chi connectivity index (χ4v) is 12.8. The van der Waals surface area contributed by atoms with Gasteiger partial charge >= 0.3 is 0 Å². The minimum absolute atomic E-state index is 0.0569. The lowest BCUT2D eigenvalue weighted by Crippen LogP contribution is -2.68. The first-order valence-corrected chi connectivity index (χ1v) is 19.9. The Morgan fingerprint density at radius 1 is 0.898 bits per heavy atom. The number of likely N-dealkylation sites (tertiary alicyclic amines) is 1. The van der Waals surface area contributed by atoms with E-state index in [0.717, 1.165) is 11.1 Å². The summed E-state index contributed by atoms with van der Waals surface area (Å²) < 4.78 is 13.9. The van der Waals surface area contributed by atoms with Gasteiger partial charge in [-0.2, -0.15) is 0 Å². The predicted molar refractivity (Wildman–Crippen MR) is 207 cm³/mol. The molecule has 4 nitrogen and oxygen atoms in total. The van der Waals surface area contributed by atoms with Crippen LogP contribution in [0.25, 0.3) is 0 Å². The maximum Gasteiger partial charge on any atom is 0.261 e. The smallest absolute Gasteiger partial charge is 0.261 e. The minimum atomic E-state index is -2.90. The molecule has 49 heavy (non-hydrogen) atoms. The first-order valence-electron chi connectivity index (χ1n) is 17.2. The molecular formula is C42H49Cl2NO3Si. The van der Waals surface area contributed by atoms with Crippen LogP contribution in [0.2, 0.25) is 15.1 Å². The van der Waals surface area contributed by atoms with Crippen LogP contribution in [0, 0.1) is 5.92 Å². The van der Waals surface area contributed by atoms with Crippen LogP contribution in [-0.4, -0.2) is 44.5 Å². The van der Waals surface area contributed by atoms with E-state index in [-0.39, 0.29) is 34.9 Å². The standard InChI is InChI=1S/C42H49Cl2NO3Si/c1-8-30(3)42(47-7)28-38(32-17-16-18-34(44)27-32)39(31-23-25-33(43)26-24-31)45(40(42)46)35(9-2)29-48-49(41(4,5)6,36-19-12-10-13-20-36)37-21-14-11-15-22-37/h8,10-27,30,35,38-39H,1,9,28-29H2,2-7H3/t30-,35-,38+,39+,42-/m0/s1. The number of benzene rings is 4. The maximum absolute atomic E-state index is 15.3. The maximum atomic E-state index is 15.3. The molecule has 7 heteroatoms. The second-order valence-corrected chi connectivity index (χ2v) is 19.4. The average molecular weight is 715 g/mol. The molecule has 1 aliphatic heterocycles. The van der Waals surface area contributed by atoms with Gasteiger partial charge in [0.05, 0.1) is 18.7 Å². The van der Waals surface area contributed by atoms with Crippen LogP contribution < -0.4 is 10.4 Å². The Hall–Kier alpha value is -3.19. The van der Waals surface area contributed by atoms with E-state index < -0.39 is 13.9 Å². The number of hydrogen-bond donors (Lipinski definition) is 0. The molecular weight excluding hydrogens is 665 g/mol. The third-order valence-corrected chi connectivity index (χ3v) is 16.0. The summed E-state index contributed by atoms with van der Waals surface area (Å²) in [6.45, 7) is 15.4. The monoisotopic (exact) mass is 713 g/mol. The van der Waals surface area contributed by atoms with Crippen molar-refractivity contribution in [1.82, 2.24) is 4.90 Å². The number of hydrogen-bond acceptors (Lipinski definition) is 3. The number of carbonyl (C=O) groups excluding carboxylic acids is 1. The minimum Gasteiger partial charge on any atom is -0.405 e. The van der Waals surface area contributed by atoms with Gasteiger partial charge in [-0.1, -0.05) is 149 Å². The van der Waals surface area contributed by atoms with Crippen molar-refractivity contribution in [2.24, 2.45) is 5.92 Å². The fraction of sp³-hybridized carbons (Fsp3) is 0.357. The molecule has 0 saturated carbocycles. The van der Waals surface area contributed by atoms with Gasteiger partial charge in [0, 0.05) is 29.0 Å². The predicted octanol–water partition coefficient (Wildman–Crippen LogP) is 9.61. The first kappa shape index (κ1) is 37.1. The lowest BCUT2D eigenvalue weighted by molar-refractivity contribution is -0.178. The highest BCUT2D eigenvalue weighted by Gasteiger charge is 2.57. The number of rotatable bonds is 12. The molecule has 0 spiro atoms. The molecule has 0 unspecified atom stereocenters. The van der Waals surface area contributed by atoms with Crippen LogP contribution >= 0.6 is 23.2 Å². The van der Waals surface area contributed by atoms with Crippen molar-refractivity contribution in [2.75, 3.05) is 13.7 Å². The van der Waals surface area contributed by atoms with Crippen molar-refractivity contribution in [3.8, 4) is 0 Å². The molecule has 5 rings (SSSR count). The van der Waals surface area contributed by atoms with Crippen molar-refractivity contribution < 1.29 is 14.0 Å². The molecule has 0 bridgehead atoms. The molecule has 258 valence electrons. The third kappa shape index (κ3) is 7.06. The summed E-state index contributed by atoms with van der Waals surface area (Å²) in [6, 6.07) is 36.5. The second kappa shape index (κ2) is 15.4. The SMILES string of the molecule is C=C[C@H](C)[C@@]1(OC)C[C@H](c2cccc(Cl)c2)[C@@H](c2ccc(Cl)cc2)N([C@@H](CC)CO[Si](c2ccccc2)(c2ccccc2)C(C)(C)C)C1=O. The molecule has 1 amide bonds. The largest absolute Gasteiger partial charge is 0.405 e. The van der Waals surface area contributed by atoms with Crippen molar-refractivity contribution in [2.45, 2.75) is 76.1 Å². The zero-order valence-electron chi connectivity index (χ0n) is 29.5. The Morgan fingerprint density at radius 3 is 1.98 bits per heavy atom. The number of amides is 1. The first-order chi connectivity index (χ1) is 23.4. The fourth-order valence-electron chi connectivity index (χ4n) is 7.85. The summed E-state index contributed by atoms with van der Waals surface area (Å²) in [6.07, 6.45) is 2.97. The van der Waals surface area contributed by atoms with E-state index in [9.17, 15) is 0 Å². The van der Waals surface area contributed by atoms with Gasteiger partial charge in [-0.3, -0.25) is 4.79 Å². The van der Waals surface area contributed by atoms with Crippen molar-refractivity contribution in [3.05, 3.63) is 143 Å². The van der Waals surface area contributed by atoms with Crippen molar-refractivity contribution >= 4 is 47.8 Å². The molecule has 0 aromatic heterocycles. The summed E-state index contributed by atoms with van der Waals surface area (Å²) in [4.78, 5) is 17.4. The highest BCUT2D eigenvalue weighted by atomic mass is 35.5. The number of piperidine rings is 1. The van der Waals surface area contributed by atoms with Gasteiger partial charge in [0.25, 0.3) is 14.2 Å². The molecule has 1 saturated heterocycles. The molecule has 0 aliphatic carbocycles.